The molecule has 1 aromatic carbocycles. The molecule has 1 aromatic heterocycles. The van der Waals surface area contributed by atoms with E-state index in [-0.39, 0.29) is 11.9 Å². The zero-order valence-electron chi connectivity index (χ0n) is 9.73. The van der Waals surface area contributed by atoms with Crippen LogP contribution in [0.25, 0.3) is 0 Å². The van der Waals surface area contributed by atoms with Gasteiger partial charge in [0.1, 0.15) is 11.6 Å². The first kappa shape index (κ1) is 11.6. The highest BCUT2D eigenvalue weighted by atomic mass is 19.1. The molecule has 2 nitrogen and oxygen atoms in total. The first-order valence-electron chi connectivity index (χ1n) is 5.72. The van der Waals surface area contributed by atoms with Gasteiger partial charge in [-0.2, -0.15) is 0 Å². The summed E-state index contributed by atoms with van der Waals surface area (Å²) >= 11 is 0. The second kappa shape index (κ2) is 5.43. The fraction of sp³-hybridized carbons (Fsp3) is 0.214. The van der Waals surface area contributed by atoms with Crippen LogP contribution in [0.1, 0.15) is 24.9 Å². The second-order valence-electron chi connectivity index (χ2n) is 3.88. The van der Waals surface area contributed by atoms with Crippen molar-refractivity contribution < 1.29 is 4.39 Å². The molecular weight excluding hydrogens is 215 g/mol. The molecule has 0 radical (unpaired) electrons. The molecule has 0 bridgehead atoms. The zero-order chi connectivity index (χ0) is 12.1. The van der Waals surface area contributed by atoms with Gasteiger partial charge >= 0.3 is 0 Å². The van der Waals surface area contributed by atoms with Gasteiger partial charge in [-0.05, 0) is 24.1 Å². The number of nitrogens with zero attached hydrogens (tertiary/aromatic N) is 1. The maximum Gasteiger partial charge on any atom is 0.141 e. The fourth-order valence-corrected chi connectivity index (χ4v) is 1.75. The number of aromatic nitrogens is 1. The van der Waals surface area contributed by atoms with E-state index in [0.29, 0.717) is 5.82 Å². The molecule has 0 amide bonds. The highest BCUT2D eigenvalue weighted by Crippen LogP contribution is 2.20. The van der Waals surface area contributed by atoms with Crippen molar-refractivity contribution in [2.75, 3.05) is 5.32 Å². The van der Waals surface area contributed by atoms with Crippen molar-refractivity contribution in [3.8, 4) is 0 Å². The van der Waals surface area contributed by atoms with Gasteiger partial charge in [0.05, 0.1) is 12.2 Å². The van der Waals surface area contributed by atoms with E-state index in [0.717, 1.165) is 6.42 Å². The Labute approximate surface area is 101 Å². The first-order valence-corrected chi connectivity index (χ1v) is 5.72. The summed E-state index contributed by atoms with van der Waals surface area (Å²) in [5, 5.41) is 3.29. The van der Waals surface area contributed by atoms with Gasteiger partial charge in [-0.3, -0.25) is 0 Å². The lowest BCUT2D eigenvalue weighted by atomic mass is 10.0. The number of rotatable bonds is 4. The first-order chi connectivity index (χ1) is 8.29. The molecule has 3 heteroatoms. The minimum Gasteiger partial charge on any atom is -0.363 e. The van der Waals surface area contributed by atoms with E-state index in [2.05, 4.69) is 29.4 Å². The molecule has 17 heavy (non-hydrogen) atoms. The molecule has 1 heterocycles. The topological polar surface area (TPSA) is 24.9 Å². The average molecular weight is 230 g/mol. The van der Waals surface area contributed by atoms with Gasteiger partial charge in [0, 0.05) is 0 Å². The Morgan fingerprint density at radius 3 is 2.53 bits per heavy atom. The monoisotopic (exact) mass is 230 g/mol. The van der Waals surface area contributed by atoms with Crippen molar-refractivity contribution in [2.45, 2.75) is 19.4 Å². The second-order valence-corrected chi connectivity index (χ2v) is 3.88. The molecule has 88 valence electrons. The minimum atomic E-state index is -0.316. The van der Waals surface area contributed by atoms with E-state index in [1.54, 1.807) is 6.07 Å². The molecule has 1 unspecified atom stereocenters. The Kier molecular flexibility index (Phi) is 3.70. The molecule has 0 fully saturated rings. The van der Waals surface area contributed by atoms with Crippen molar-refractivity contribution in [1.29, 1.82) is 0 Å². The molecule has 0 saturated heterocycles. The molecule has 2 rings (SSSR count). The summed E-state index contributed by atoms with van der Waals surface area (Å²) in [5.74, 6) is 0.380. The third-order valence-corrected chi connectivity index (χ3v) is 2.66. The third kappa shape index (κ3) is 3.03. The van der Waals surface area contributed by atoms with Gasteiger partial charge in [0.2, 0.25) is 0 Å². The standard InChI is InChI=1S/C14H15FN2/c1-2-13(11-6-4-3-5-7-11)17-14-9-8-12(15)10-16-14/h3-10,13H,2H2,1H3,(H,16,17). The molecule has 0 aliphatic heterocycles. The number of halogens is 1. The molecule has 0 aliphatic rings. The third-order valence-electron chi connectivity index (χ3n) is 2.66. The lowest BCUT2D eigenvalue weighted by molar-refractivity contribution is 0.621. The maximum atomic E-state index is 12.7. The van der Waals surface area contributed by atoms with Gasteiger partial charge < -0.3 is 5.32 Å². The predicted molar refractivity (Wildman–Crippen MR) is 67.3 cm³/mol. The van der Waals surface area contributed by atoms with Crippen LogP contribution in [0, 0.1) is 5.82 Å². The summed E-state index contributed by atoms with van der Waals surface area (Å²) in [4.78, 5) is 4.01. The smallest absolute Gasteiger partial charge is 0.141 e. The summed E-state index contributed by atoms with van der Waals surface area (Å²) in [6.45, 7) is 2.11. The highest BCUT2D eigenvalue weighted by molar-refractivity contribution is 5.37. The average Bonchev–Trinajstić information content (AvgIpc) is 2.39. The lowest BCUT2D eigenvalue weighted by Gasteiger charge is -2.17. The summed E-state index contributed by atoms with van der Waals surface area (Å²) in [6, 6.07) is 13.4. The van der Waals surface area contributed by atoms with Crippen LogP contribution in [0.4, 0.5) is 10.2 Å². The fourth-order valence-electron chi connectivity index (χ4n) is 1.75. The molecule has 0 spiro atoms. The Balaban J connectivity index is 2.13. The van der Waals surface area contributed by atoms with Crippen LogP contribution in [0.5, 0.6) is 0 Å². The molecule has 2 aromatic rings. The van der Waals surface area contributed by atoms with E-state index in [1.807, 2.05) is 18.2 Å². The summed E-state index contributed by atoms with van der Waals surface area (Å²) < 4.78 is 12.7. The van der Waals surface area contributed by atoms with Crippen LogP contribution in [-0.2, 0) is 0 Å². The molecule has 0 saturated carbocycles. The zero-order valence-corrected chi connectivity index (χ0v) is 9.73. The van der Waals surface area contributed by atoms with Crippen LogP contribution < -0.4 is 5.32 Å². The van der Waals surface area contributed by atoms with Gasteiger partial charge in [0.15, 0.2) is 0 Å². The molecule has 0 aliphatic carbocycles. The van der Waals surface area contributed by atoms with Gasteiger partial charge in [-0.15, -0.1) is 0 Å². The number of hydrogen-bond donors (Lipinski definition) is 1. The van der Waals surface area contributed by atoms with Crippen LogP contribution in [-0.4, -0.2) is 4.98 Å². The summed E-state index contributed by atoms with van der Waals surface area (Å²) in [6.07, 6.45) is 2.17. The van der Waals surface area contributed by atoms with Crippen molar-refractivity contribution in [1.82, 2.24) is 4.98 Å². The number of anilines is 1. The Bertz CT molecular complexity index is 453. The largest absolute Gasteiger partial charge is 0.363 e. The van der Waals surface area contributed by atoms with Crippen LogP contribution in [0.15, 0.2) is 48.7 Å². The highest BCUT2D eigenvalue weighted by Gasteiger charge is 2.08. The van der Waals surface area contributed by atoms with E-state index in [1.165, 1.54) is 17.8 Å². The number of hydrogen-bond acceptors (Lipinski definition) is 2. The predicted octanol–water partition coefficient (Wildman–Crippen LogP) is 3.78. The van der Waals surface area contributed by atoms with Crippen molar-refractivity contribution >= 4 is 5.82 Å². The van der Waals surface area contributed by atoms with Crippen LogP contribution in [0.2, 0.25) is 0 Å². The van der Waals surface area contributed by atoms with Gasteiger partial charge in [-0.25, -0.2) is 9.37 Å². The number of pyridine rings is 1. The number of nitrogens with one attached hydrogen (secondary N) is 1. The van der Waals surface area contributed by atoms with Gasteiger partial charge in [-0.1, -0.05) is 37.3 Å². The quantitative estimate of drug-likeness (QED) is 0.864. The van der Waals surface area contributed by atoms with E-state index in [4.69, 9.17) is 0 Å². The molecule has 1 N–H and O–H groups in total. The van der Waals surface area contributed by atoms with Gasteiger partial charge in [0.25, 0.3) is 0 Å². The van der Waals surface area contributed by atoms with E-state index in [9.17, 15) is 4.39 Å². The van der Waals surface area contributed by atoms with Crippen molar-refractivity contribution in [3.05, 3.63) is 60.0 Å². The van der Waals surface area contributed by atoms with Crippen LogP contribution in [0.3, 0.4) is 0 Å². The lowest BCUT2D eigenvalue weighted by Crippen LogP contribution is -2.10. The summed E-state index contributed by atoms with van der Waals surface area (Å²) in [5.41, 5.74) is 1.21. The normalized spacial score (nSPS) is 12.1. The SMILES string of the molecule is CCC(Nc1ccc(F)cn1)c1ccccc1. The van der Waals surface area contributed by atoms with E-state index < -0.39 is 0 Å². The Morgan fingerprint density at radius 2 is 1.94 bits per heavy atom. The van der Waals surface area contributed by atoms with Crippen molar-refractivity contribution in [3.63, 3.8) is 0 Å². The minimum absolute atomic E-state index is 0.203. The number of benzene rings is 1. The van der Waals surface area contributed by atoms with Crippen molar-refractivity contribution in [2.24, 2.45) is 0 Å². The summed E-state index contributed by atoms with van der Waals surface area (Å²) in [7, 11) is 0. The Morgan fingerprint density at radius 1 is 1.18 bits per heavy atom. The Hall–Kier alpha value is -1.90. The maximum absolute atomic E-state index is 12.7. The van der Waals surface area contributed by atoms with E-state index >= 15 is 0 Å². The molecular formula is C14H15FN2. The van der Waals surface area contributed by atoms with Crippen LogP contribution >= 0.6 is 0 Å². The molecule has 1 atom stereocenters.